The number of hydrogen-bond donors (Lipinski definition) is 2. The van der Waals surface area contributed by atoms with Crippen molar-refractivity contribution in [2.24, 2.45) is 0 Å². The lowest BCUT2D eigenvalue weighted by Gasteiger charge is -2.22. The van der Waals surface area contributed by atoms with Crippen molar-refractivity contribution in [3.63, 3.8) is 0 Å². The minimum atomic E-state index is -4.80. The van der Waals surface area contributed by atoms with Crippen LogP contribution in [0, 0.1) is 11.6 Å². The van der Waals surface area contributed by atoms with Gasteiger partial charge in [-0.1, -0.05) is 24.6 Å². The molecule has 2 aromatic carbocycles. The summed E-state index contributed by atoms with van der Waals surface area (Å²) in [4.78, 5) is 26.1. The fraction of sp³-hybridized carbons (Fsp3) is 0.333. The lowest BCUT2D eigenvalue weighted by Crippen LogP contribution is -2.33. The average Bonchev–Trinajstić information content (AvgIpc) is 2.72. The molecule has 2 N–H and O–H groups in total. The first-order chi connectivity index (χ1) is 15.3. The monoisotopic (exact) mass is 493 g/mol. The van der Waals surface area contributed by atoms with Gasteiger partial charge in [0, 0.05) is 19.7 Å². The van der Waals surface area contributed by atoms with E-state index in [2.05, 4.69) is 10.6 Å². The van der Waals surface area contributed by atoms with Crippen LogP contribution in [0.4, 0.5) is 38.1 Å². The molecule has 180 valence electrons. The average molecular weight is 494 g/mol. The number of anilines is 2. The number of para-hydroxylation sites is 1. The van der Waals surface area contributed by atoms with Gasteiger partial charge in [-0.2, -0.15) is 13.2 Å². The Hall–Kier alpha value is -3.08. The molecule has 0 aliphatic heterocycles. The van der Waals surface area contributed by atoms with E-state index in [1.165, 1.54) is 24.1 Å². The lowest BCUT2D eigenvalue weighted by atomic mass is 10.1. The molecule has 0 aliphatic carbocycles. The van der Waals surface area contributed by atoms with Crippen molar-refractivity contribution in [1.29, 1.82) is 0 Å². The third-order valence-corrected chi connectivity index (χ3v) is 4.74. The maximum Gasteiger partial charge on any atom is 0.425 e. The third-order valence-electron chi connectivity index (χ3n) is 4.43. The number of urea groups is 1. The van der Waals surface area contributed by atoms with Gasteiger partial charge in [-0.3, -0.25) is 4.79 Å². The molecule has 0 aromatic heterocycles. The highest BCUT2D eigenvalue weighted by atomic mass is 35.5. The van der Waals surface area contributed by atoms with Crippen LogP contribution in [0.1, 0.15) is 30.6 Å². The molecule has 0 bridgehead atoms. The molecule has 0 heterocycles. The largest absolute Gasteiger partial charge is 0.480 e. The molecule has 0 radical (unpaired) electrons. The van der Waals surface area contributed by atoms with Gasteiger partial charge >= 0.3 is 12.2 Å². The normalized spacial score (nSPS) is 12.2. The van der Waals surface area contributed by atoms with E-state index < -0.39 is 58.5 Å². The number of hydrogen-bond acceptors (Lipinski definition) is 3. The summed E-state index contributed by atoms with van der Waals surface area (Å²) in [6.45, 7) is 2.84. The fourth-order valence-electron chi connectivity index (χ4n) is 2.63. The van der Waals surface area contributed by atoms with E-state index in [9.17, 15) is 31.5 Å². The minimum absolute atomic E-state index is 0.183. The maximum atomic E-state index is 14.7. The summed E-state index contributed by atoms with van der Waals surface area (Å²) in [5.74, 6) is -3.89. The molecule has 1 atom stereocenters. The predicted octanol–water partition coefficient (Wildman–Crippen LogP) is 6.07. The summed E-state index contributed by atoms with van der Waals surface area (Å²) < 4.78 is 72.7. The number of halogens is 6. The van der Waals surface area contributed by atoms with Crippen LogP contribution >= 0.6 is 11.6 Å². The minimum Gasteiger partial charge on any atom is -0.480 e. The Bertz CT molecular complexity index is 1010. The molecule has 0 unspecified atom stereocenters. The van der Waals surface area contributed by atoms with Gasteiger partial charge in [0.05, 0.1) is 22.0 Å². The number of nitrogens with zero attached hydrogens (tertiary/aromatic N) is 1. The van der Waals surface area contributed by atoms with Crippen LogP contribution in [0.25, 0.3) is 0 Å². The van der Waals surface area contributed by atoms with E-state index >= 15 is 0 Å². The molecular weight excluding hydrogens is 473 g/mol. The Morgan fingerprint density at radius 1 is 1.15 bits per heavy atom. The van der Waals surface area contributed by atoms with E-state index in [0.29, 0.717) is 26.0 Å². The number of amides is 3. The maximum absolute atomic E-state index is 14.7. The van der Waals surface area contributed by atoms with Crippen molar-refractivity contribution < 1.29 is 36.3 Å². The first-order valence-electron chi connectivity index (χ1n) is 9.69. The van der Waals surface area contributed by atoms with Gasteiger partial charge in [-0.05, 0) is 31.5 Å². The number of nitrogens with one attached hydrogen (secondary N) is 2. The first kappa shape index (κ1) is 26.2. The van der Waals surface area contributed by atoms with Crippen LogP contribution in [0.3, 0.4) is 0 Å². The third kappa shape index (κ3) is 6.70. The zero-order valence-corrected chi connectivity index (χ0v) is 18.6. The number of alkyl halides is 3. The van der Waals surface area contributed by atoms with Gasteiger partial charge in [0.2, 0.25) is 0 Å². The van der Waals surface area contributed by atoms with Crippen LogP contribution in [-0.4, -0.2) is 42.7 Å². The molecule has 33 heavy (non-hydrogen) atoms. The van der Waals surface area contributed by atoms with Crippen LogP contribution < -0.4 is 15.4 Å². The zero-order valence-electron chi connectivity index (χ0n) is 17.8. The quantitative estimate of drug-likeness (QED) is 0.460. The Balaban J connectivity index is 2.46. The summed E-state index contributed by atoms with van der Waals surface area (Å²) in [5, 5.41) is 4.14. The summed E-state index contributed by atoms with van der Waals surface area (Å²) in [6.07, 6.45) is -6.57. The Morgan fingerprint density at radius 3 is 2.39 bits per heavy atom. The molecule has 12 heteroatoms. The van der Waals surface area contributed by atoms with Gasteiger partial charge in [-0.15, -0.1) is 0 Å². The van der Waals surface area contributed by atoms with E-state index in [0.717, 1.165) is 12.1 Å². The van der Waals surface area contributed by atoms with Gasteiger partial charge in [0.25, 0.3) is 5.91 Å². The fourth-order valence-corrected chi connectivity index (χ4v) is 2.84. The van der Waals surface area contributed by atoms with Gasteiger partial charge in [0.15, 0.2) is 6.10 Å². The first-order valence-corrected chi connectivity index (χ1v) is 10.1. The second kappa shape index (κ2) is 10.7. The van der Waals surface area contributed by atoms with E-state index in [1.54, 1.807) is 0 Å². The number of carbonyl (C=O) groups is 2. The number of rotatable bonds is 7. The summed E-state index contributed by atoms with van der Waals surface area (Å²) in [5.41, 5.74) is -1.62. The van der Waals surface area contributed by atoms with Gasteiger partial charge in [0.1, 0.15) is 17.4 Å². The van der Waals surface area contributed by atoms with Crippen LogP contribution in [0.5, 0.6) is 5.75 Å². The van der Waals surface area contributed by atoms with Crippen molar-refractivity contribution in [1.82, 2.24) is 4.90 Å². The summed E-state index contributed by atoms with van der Waals surface area (Å²) >= 11 is 5.85. The molecule has 2 rings (SSSR count). The molecule has 0 saturated carbocycles. The highest BCUT2D eigenvalue weighted by Crippen LogP contribution is 2.33. The smallest absolute Gasteiger partial charge is 0.425 e. The molecule has 0 spiro atoms. The summed E-state index contributed by atoms with van der Waals surface area (Å²) in [7, 11) is 1.44. The van der Waals surface area contributed by atoms with E-state index in [1.807, 2.05) is 6.92 Å². The Labute approximate surface area is 191 Å². The van der Waals surface area contributed by atoms with Crippen molar-refractivity contribution in [3.8, 4) is 5.75 Å². The van der Waals surface area contributed by atoms with Crippen molar-refractivity contribution >= 4 is 34.9 Å². The molecule has 0 aliphatic rings. The molecular formula is C21H21ClF5N3O3. The van der Waals surface area contributed by atoms with Gasteiger partial charge in [-0.25, -0.2) is 13.6 Å². The van der Waals surface area contributed by atoms with Crippen LogP contribution in [0.15, 0.2) is 30.3 Å². The standard InChI is InChI=1S/C21H21ClF5N3O3/c1-4-8-30(3)20(32)28-16-10-17(33-11(2)21(25,26)27)12(9-15(16)24)19(31)29-18-13(22)6-5-7-14(18)23/h5-7,9-11H,4,8H2,1-3H3,(H,28,32)(H,29,31)/t11-/m0/s1. The lowest BCUT2D eigenvalue weighted by molar-refractivity contribution is -0.189. The SMILES string of the molecule is CCCN(C)C(=O)Nc1cc(O[C@@H](C)C(F)(F)F)c(C(=O)Nc2c(F)cccc2Cl)cc1F. The Morgan fingerprint density at radius 2 is 1.82 bits per heavy atom. The second-order valence-electron chi connectivity index (χ2n) is 7.03. The topological polar surface area (TPSA) is 70.7 Å². The van der Waals surface area contributed by atoms with E-state index in [-0.39, 0.29) is 5.02 Å². The highest BCUT2D eigenvalue weighted by molar-refractivity contribution is 6.34. The molecule has 3 amide bonds. The van der Waals surface area contributed by atoms with Crippen LogP contribution in [0.2, 0.25) is 5.02 Å². The molecule has 0 saturated heterocycles. The zero-order chi connectivity index (χ0) is 24.9. The van der Waals surface area contributed by atoms with E-state index in [4.69, 9.17) is 16.3 Å². The molecule has 2 aromatic rings. The van der Waals surface area contributed by atoms with Crippen LogP contribution in [-0.2, 0) is 0 Å². The number of benzene rings is 2. The second-order valence-corrected chi connectivity index (χ2v) is 7.44. The van der Waals surface area contributed by atoms with Crippen molar-refractivity contribution in [2.45, 2.75) is 32.5 Å². The van der Waals surface area contributed by atoms with Crippen molar-refractivity contribution in [2.75, 3.05) is 24.2 Å². The van der Waals surface area contributed by atoms with Gasteiger partial charge < -0.3 is 20.3 Å². The molecule has 0 fully saturated rings. The number of carbonyl (C=O) groups excluding carboxylic acids is 2. The van der Waals surface area contributed by atoms with Crippen molar-refractivity contribution in [3.05, 3.63) is 52.6 Å². The highest BCUT2D eigenvalue weighted by Gasteiger charge is 2.39. The predicted molar refractivity (Wildman–Crippen MR) is 114 cm³/mol. The Kier molecular flexibility index (Phi) is 8.48. The molecule has 6 nitrogen and oxygen atoms in total. The summed E-state index contributed by atoms with van der Waals surface area (Å²) in [6, 6.07) is 4.16. The number of ether oxygens (including phenoxy) is 1.